The fraction of sp³-hybridized carbons (Fsp3) is 0.571. The van der Waals surface area contributed by atoms with Crippen molar-refractivity contribution in [2.45, 2.75) is 6.92 Å². The number of hydrogen-bond donors (Lipinski definition) is 1. The summed E-state index contributed by atoms with van der Waals surface area (Å²) in [6.07, 6.45) is 0.762. The van der Waals surface area contributed by atoms with Crippen LogP contribution in [0.25, 0.3) is 0 Å². The first kappa shape index (κ1) is 12.4. The van der Waals surface area contributed by atoms with Crippen LogP contribution in [0.5, 0.6) is 0 Å². The van der Waals surface area contributed by atoms with Gasteiger partial charge in [-0.1, -0.05) is 6.58 Å². The monoisotopic (exact) mass is 207 g/mol. The third kappa shape index (κ3) is 4.83. The second-order valence-electron chi connectivity index (χ2n) is 2.44. The average molecular weight is 207 g/mol. The van der Waals surface area contributed by atoms with Gasteiger partial charge in [-0.15, -0.1) is 0 Å². The summed E-state index contributed by atoms with van der Waals surface area (Å²) in [6.45, 7) is 5.01. The Balaban J connectivity index is 4.18. The summed E-state index contributed by atoms with van der Waals surface area (Å²) >= 11 is 0. The van der Waals surface area contributed by atoms with Crippen molar-refractivity contribution in [2.24, 2.45) is 0 Å². The number of rotatable bonds is 5. The Bertz CT molecular complexity index is 241. The Hall–Kier alpha value is -0.640. The molecule has 0 spiro atoms. The molecule has 0 aliphatic rings. The molecule has 1 atom stereocenters. The Kier molecular flexibility index (Phi) is 4.91. The molecule has 0 aromatic rings. The molecule has 5 nitrogen and oxygen atoms in total. The van der Waals surface area contributed by atoms with Gasteiger partial charge in [-0.05, 0) is 13.0 Å². The maximum atomic E-state index is 11.1. The first-order valence-electron chi connectivity index (χ1n) is 3.77. The van der Waals surface area contributed by atoms with Crippen LogP contribution in [0.4, 0.5) is 0 Å². The molecule has 76 valence electrons. The minimum absolute atomic E-state index is 0.143. The van der Waals surface area contributed by atoms with Gasteiger partial charge in [0.15, 0.2) is 0 Å². The van der Waals surface area contributed by atoms with Gasteiger partial charge in [0.2, 0.25) is 5.91 Å². The van der Waals surface area contributed by atoms with E-state index >= 15 is 0 Å². The van der Waals surface area contributed by atoms with Crippen LogP contribution < -0.4 is 0 Å². The Labute approximate surface area is 77.5 Å². The van der Waals surface area contributed by atoms with Crippen molar-refractivity contribution in [1.29, 1.82) is 0 Å². The fourth-order valence-corrected chi connectivity index (χ4v) is 1.90. The molecule has 0 aliphatic heterocycles. The lowest BCUT2D eigenvalue weighted by Gasteiger charge is -2.18. The molecule has 6 heteroatoms. The highest BCUT2D eigenvalue weighted by Crippen LogP contribution is 2.41. The van der Waals surface area contributed by atoms with Gasteiger partial charge in [0.05, 0.1) is 6.61 Å². The van der Waals surface area contributed by atoms with E-state index in [-0.39, 0.29) is 12.9 Å². The van der Waals surface area contributed by atoms with Crippen LogP contribution >= 0.6 is 7.60 Å². The topological polar surface area (TPSA) is 66.8 Å². The number of carbonyl (C=O) groups excluding carboxylic acids is 1. The molecule has 13 heavy (non-hydrogen) atoms. The van der Waals surface area contributed by atoms with Crippen molar-refractivity contribution in [3.8, 4) is 0 Å². The SMILES string of the molecule is C=CC(=O)N(C)CP(=O)(O)OCC. The van der Waals surface area contributed by atoms with Crippen LogP contribution in [-0.4, -0.2) is 35.6 Å². The van der Waals surface area contributed by atoms with Gasteiger partial charge < -0.3 is 14.3 Å². The Morgan fingerprint density at radius 1 is 1.77 bits per heavy atom. The Morgan fingerprint density at radius 2 is 2.31 bits per heavy atom. The van der Waals surface area contributed by atoms with E-state index in [0.717, 1.165) is 11.0 Å². The highest BCUT2D eigenvalue weighted by atomic mass is 31.2. The zero-order valence-corrected chi connectivity index (χ0v) is 8.66. The lowest BCUT2D eigenvalue weighted by Crippen LogP contribution is -2.26. The van der Waals surface area contributed by atoms with E-state index in [2.05, 4.69) is 11.1 Å². The number of likely N-dealkylation sites (N-methyl/N-ethyl adjacent to an activating group) is 1. The molecule has 0 heterocycles. The van der Waals surface area contributed by atoms with Crippen LogP contribution in [0.3, 0.4) is 0 Å². The van der Waals surface area contributed by atoms with Crippen molar-refractivity contribution in [1.82, 2.24) is 4.90 Å². The maximum Gasteiger partial charge on any atom is 0.347 e. The van der Waals surface area contributed by atoms with Crippen LogP contribution in [0.1, 0.15) is 6.92 Å². The van der Waals surface area contributed by atoms with Gasteiger partial charge in [0, 0.05) is 7.05 Å². The molecule has 1 N–H and O–H groups in total. The summed E-state index contributed by atoms with van der Waals surface area (Å²) in [6, 6.07) is 0. The van der Waals surface area contributed by atoms with Crippen LogP contribution in [0, 0.1) is 0 Å². The van der Waals surface area contributed by atoms with E-state index in [1.165, 1.54) is 7.05 Å². The normalized spacial score (nSPS) is 14.7. The second-order valence-corrected chi connectivity index (χ2v) is 4.25. The quantitative estimate of drug-likeness (QED) is 0.535. The molecular formula is C7H14NO4P. The van der Waals surface area contributed by atoms with Crippen LogP contribution in [0.15, 0.2) is 12.7 Å². The van der Waals surface area contributed by atoms with E-state index in [4.69, 9.17) is 4.89 Å². The number of carbonyl (C=O) groups is 1. The third-order valence-corrected chi connectivity index (χ3v) is 2.72. The molecule has 0 aromatic carbocycles. The predicted octanol–water partition coefficient (Wildman–Crippen LogP) is 0.810. The molecule has 0 saturated heterocycles. The summed E-state index contributed by atoms with van der Waals surface area (Å²) in [5.74, 6) is -0.408. The standard InChI is InChI=1S/C7H14NO4P/c1-4-7(9)8(3)6-13(10,11)12-5-2/h4H,1,5-6H2,2-3H3,(H,10,11). The summed E-state index contributed by atoms with van der Waals surface area (Å²) < 4.78 is 15.7. The molecule has 1 unspecified atom stereocenters. The largest absolute Gasteiger partial charge is 0.347 e. The van der Waals surface area contributed by atoms with Gasteiger partial charge in [0.25, 0.3) is 0 Å². The van der Waals surface area contributed by atoms with Gasteiger partial charge in [-0.3, -0.25) is 9.36 Å². The van der Waals surface area contributed by atoms with E-state index < -0.39 is 13.5 Å². The van der Waals surface area contributed by atoms with Gasteiger partial charge in [-0.2, -0.15) is 0 Å². The van der Waals surface area contributed by atoms with Gasteiger partial charge in [0.1, 0.15) is 6.29 Å². The van der Waals surface area contributed by atoms with E-state index in [1.54, 1.807) is 6.92 Å². The first-order chi connectivity index (χ1) is 5.93. The number of hydrogen-bond acceptors (Lipinski definition) is 3. The van der Waals surface area contributed by atoms with E-state index in [0.29, 0.717) is 0 Å². The van der Waals surface area contributed by atoms with Crippen molar-refractivity contribution in [3.63, 3.8) is 0 Å². The summed E-state index contributed by atoms with van der Waals surface area (Å²) in [5.41, 5.74) is 0. The summed E-state index contributed by atoms with van der Waals surface area (Å²) in [7, 11) is -2.25. The van der Waals surface area contributed by atoms with Crippen LogP contribution in [0.2, 0.25) is 0 Å². The van der Waals surface area contributed by atoms with Crippen molar-refractivity contribution >= 4 is 13.5 Å². The zero-order valence-electron chi connectivity index (χ0n) is 7.77. The molecule has 0 aromatic heterocycles. The molecule has 0 bridgehead atoms. The minimum atomic E-state index is -3.66. The van der Waals surface area contributed by atoms with Gasteiger partial charge >= 0.3 is 7.60 Å². The molecule has 0 aliphatic carbocycles. The minimum Gasteiger partial charge on any atom is -0.330 e. The number of nitrogens with zero attached hydrogens (tertiary/aromatic N) is 1. The summed E-state index contributed by atoms with van der Waals surface area (Å²) in [5, 5.41) is 0. The lowest BCUT2D eigenvalue weighted by atomic mass is 10.5. The smallest absolute Gasteiger partial charge is 0.330 e. The average Bonchev–Trinajstić information content (AvgIpc) is 2.01. The molecule has 0 saturated carbocycles. The maximum absolute atomic E-state index is 11.1. The lowest BCUT2D eigenvalue weighted by molar-refractivity contribution is -0.124. The molecule has 0 radical (unpaired) electrons. The van der Waals surface area contributed by atoms with Crippen LogP contribution in [-0.2, 0) is 13.9 Å². The molecule has 0 rings (SSSR count). The fourth-order valence-electron chi connectivity index (χ4n) is 0.736. The highest BCUT2D eigenvalue weighted by molar-refractivity contribution is 7.52. The molecule has 0 fully saturated rings. The van der Waals surface area contributed by atoms with Crippen molar-refractivity contribution in [3.05, 3.63) is 12.7 Å². The molecular weight excluding hydrogens is 193 g/mol. The molecule has 1 amide bonds. The predicted molar refractivity (Wildman–Crippen MR) is 49.3 cm³/mol. The van der Waals surface area contributed by atoms with Crippen molar-refractivity contribution in [2.75, 3.05) is 19.9 Å². The zero-order chi connectivity index (χ0) is 10.5. The second kappa shape index (κ2) is 5.17. The summed E-state index contributed by atoms with van der Waals surface area (Å²) in [4.78, 5) is 21.1. The van der Waals surface area contributed by atoms with E-state index in [1.807, 2.05) is 0 Å². The number of amides is 1. The van der Waals surface area contributed by atoms with Crippen molar-refractivity contribution < 1.29 is 18.8 Å². The van der Waals surface area contributed by atoms with E-state index in [9.17, 15) is 9.36 Å². The Morgan fingerprint density at radius 3 is 2.69 bits per heavy atom. The van der Waals surface area contributed by atoms with Gasteiger partial charge in [-0.25, -0.2) is 0 Å². The third-order valence-electron chi connectivity index (χ3n) is 1.27. The highest BCUT2D eigenvalue weighted by Gasteiger charge is 2.22. The first-order valence-corrected chi connectivity index (χ1v) is 5.53.